The molecule has 21 heavy (non-hydrogen) atoms. The summed E-state index contributed by atoms with van der Waals surface area (Å²) in [6.45, 7) is 3.40. The van der Waals surface area contributed by atoms with Crippen LogP contribution in [-0.2, 0) is 11.3 Å². The van der Waals surface area contributed by atoms with Gasteiger partial charge in [-0.2, -0.15) is 0 Å². The van der Waals surface area contributed by atoms with Gasteiger partial charge in [-0.25, -0.2) is 0 Å². The maximum Gasteiger partial charge on any atom is 0.320 e. The Morgan fingerprint density at radius 3 is 2.86 bits per heavy atom. The van der Waals surface area contributed by atoms with E-state index in [1.54, 1.807) is 7.11 Å². The van der Waals surface area contributed by atoms with E-state index in [0.29, 0.717) is 43.4 Å². The lowest BCUT2D eigenvalue weighted by Gasteiger charge is -2.22. The van der Waals surface area contributed by atoms with Crippen molar-refractivity contribution in [2.45, 2.75) is 32.4 Å². The van der Waals surface area contributed by atoms with Crippen molar-refractivity contribution in [3.63, 3.8) is 0 Å². The third kappa shape index (κ3) is 3.78. The smallest absolute Gasteiger partial charge is 0.320 e. The number of benzene rings is 1. The van der Waals surface area contributed by atoms with Crippen LogP contribution in [0.3, 0.4) is 0 Å². The fourth-order valence-electron chi connectivity index (χ4n) is 2.27. The van der Waals surface area contributed by atoms with E-state index < -0.39 is 12.0 Å². The van der Waals surface area contributed by atoms with E-state index in [1.807, 2.05) is 19.1 Å². The van der Waals surface area contributed by atoms with Crippen LogP contribution >= 0.6 is 0 Å². The van der Waals surface area contributed by atoms with Crippen LogP contribution < -0.4 is 19.5 Å². The predicted octanol–water partition coefficient (Wildman–Crippen LogP) is 1.81. The first-order chi connectivity index (χ1) is 10.2. The van der Waals surface area contributed by atoms with Crippen LogP contribution in [0.15, 0.2) is 12.1 Å². The number of methoxy groups -OCH3 is 1. The quantitative estimate of drug-likeness (QED) is 0.799. The summed E-state index contributed by atoms with van der Waals surface area (Å²) in [5.41, 5.74) is 0.901. The van der Waals surface area contributed by atoms with Gasteiger partial charge in [0.25, 0.3) is 0 Å². The molecule has 0 radical (unpaired) electrons. The van der Waals surface area contributed by atoms with Gasteiger partial charge in [0, 0.05) is 6.54 Å². The number of carboxylic acids is 1. The number of fused-ring (bicyclic) bond motifs is 1. The number of hydrogen-bond donors (Lipinski definition) is 2. The standard InChI is InChI=1S/C15H21NO5/c1-3-4-11(15(17)18)16-9-10-7-12(19-2)14-13(8-10)20-5-6-21-14/h7-8,11,16H,3-6,9H2,1-2H3,(H,17,18). The zero-order chi connectivity index (χ0) is 15.2. The van der Waals surface area contributed by atoms with Crippen molar-refractivity contribution in [3.8, 4) is 17.2 Å². The first-order valence-electron chi connectivity index (χ1n) is 7.08. The second-order valence-electron chi connectivity index (χ2n) is 4.88. The summed E-state index contributed by atoms with van der Waals surface area (Å²) in [5.74, 6) is 1.02. The molecule has 1 aliphatic heterocycles. The molecule has 1 aromatic carbocycles. The van der Waals surface area contributed by atoms with Crippen LogP contribution in [0.4, 0.5) is 0 Å². The van der Waals surface area contributed by atoms with Crippen LogP contribution in [-0.4, -0.2) is 37.4 Å². The molecule has 0 saturated carbocycles. The highest BCUT2D eigenvalue weighted by Gasteiger charge is 2.20. The maximum absolute atomic E-state index is 11.1. The Morgan fingerprint density at radius 1 is 1.43 bits per heavy atom. The largest absolute Gasteiger partial charge is 0.493 e. The Bertz CT molecular complexity index is 486. The fourth-order valence-corrected chi connectivity index (χ4v) is 2.27. The molecule has 0 amide bonds. The number of ether oxygens (including phenoxy) is 3. The molecule has 2 N–H and O–H groups in total. The Hall–Kier alpha value is -1.95. The summed E-state index contributed by atoms with van der Waals surface area (Å²) in [6, 6.07) is 3.15. The number of aliphatic carboxylic acids is 1. The Morgan fingerprint density at radius 2 is 2.19 bits per heavy atom. The normalized spacial score (nSPS) is 14.6. The number of carboxylic acid groups (broad SMARTS) is 1. The van der Waals surface area contributed by atoms with Gasteiger partial charge in [-0.15, -0.1) is 0 Å². The van der Waals surface area contributed by atoms with E-state index in [1.165, 1.54) is 0 Å². The average Bonchev–Trinajstić information content (AvgIpc) is 2.50. The van der Waals surface area contributed by atoms with Crippen molar-refractivity contribution in [2.24, 2.45) is 0 Å². The maximum atomic E-state index is 11.1. The first kappa shape index (κ1) is 15.4. The zero-order valence-corrected chi connectivity index (χ0v) is 12.3. The minimum Gasteiger partial charge on any atom is -0.493 e. The van der Waals surface area contributed by atoms with Gasteiger partial charge in [0.2, 0.25) is 5.75 Å². The van der Waals surface area contributed by atoms with Gasteiger partial charge in [0.15, 0.2) is 11.5 Å². The van der Waals surface area contributed by atoms with Gasteiger partial charge in [-0.1, -0.05) is 13.3 Å². The summed E-state index contributed by atoms with van der Waals surface area (Å²) in [5, 5.41) is 12.2. The lowest BCUT2D eigenvalue weighted by molar-refractivity contribution is -0.139. The third-order valence-corrected chi connectivity index (χ3v) is 3.32. The minimum atomic E-state index is -0.832. The predicted molar refractivity (Wildman–Crippen MR) is 77.2 cm³/mol. The molecule has 6 nitrogen and oxygen atoms in total. The Labute approximate surface area is 124 Å². The van der Waals surface area contributed by atoms with Crippen molar-refractivity contribution < 1.29 is 24.1 Å². The molecule has 0 spiro atoms. The first-order valence-corrected chi connectivity index (χ1v) is 7.08. The van der Waals surface area contributed by atoms with Crippen molar-refractivity contribution >= 4 is 5.97 Å². The third-order valence-electron chi connectivity index (χ3n) is 3.32. The number of rotatable bonds is 7. The van der Waals surface area contributed by atoms with Crippen LogP contribution in [0.2, 0.25) is 0 Å². The van der Waals surface area contributed by atoms with Crippen molar-refractivity contribution in [2.75, 3.05) is 20.3 Å². The molecule has 0 fully saturated rings. The molecule has 1 unspecified atom stereocenters. The topological polar surface area (TPSA) is 77.0 Å². The van der Waals surface area contributed by atoms with Gasteiger partial charge in [-0.3, -0.25) is 4.79 Å². The van der Waals surface area contributed by atoms with Crippen molar-refractivity contribution in [1.29, 1.82) is 0 Å². The van der Waals surface area contributed by atoms with Gasteiger partial charge < -0.3 is 24.6 Å². The molecule has 0 aromatic heterocycles. The molecule has 1 aromatic rings. The van der Waals surface area contributed by atoms with Crippen LogP contribution in [0, 0.1) is 0 Å². The van der Waals surface area contributed by atoms with Gasteiger partial charge in [0.05, 0.1) is 7.11 Å². The summed E-state index contributed by atoms with van der Waals surface area (Å²) >= 11 is 0. The molecule has 1 atom stereocenters. The lowest BCUT2D eigenvalue weighted by Crippen LogP contribution is -2.36. The molecule has 0 aliphatic carbocycles. The van der Waals surface area contributed by atoms with Crippen molar-refractivity contribution in [3.05, 3.63) is 17.7 Å². The van der Waals surface area contributed by atoms with Gasteiger partial charge in [-0.05, 0) is 24.1 Å². The van der Waals surface area contributed by atoms with E-state index in [-0.39, 0.29) is 0 Å². The van der Waals surface area contributed by atoms with E-state index in [2.05, 4.69) is 5.32 Å². The number of nitrogens with one attached hydrogen (secondary N) is 1. The van der Waals surface area contributed by atoms with Gasteiger partial charge >= 0.3 is 5.97 Å². The van der Waals surface area contributed by atoms with Crippen LogP contribution in [0.25, 0.3) is 0 Å². The highest BCUT2D eigenvalue weighted by molar-refractivity contribution is 5.73. The zero-order valence-electron chi connectivity index (χ0n) is 12.3. The molecule has 2 rings (SSSR count). The molecule has 1 aliphatic rings. The highest BCUT2D eigenvalue weighted by atomic mass is 16.6. The Kier molecular flexibility index (Phi) is 5.27. The van der Waals surface area contributed by atoms with E-state index >= 15 is 0 Å². The van der Waals surface area contributed by atoms with E-state index in [4.69, 9.17) is 19.3 Å². The summed E-state index contributed by atoms with van der Waals surface area (Å²) in [7, 11) is 1.57. The number of carbonyl (C=O) groups is 1. The van der Waals surface area contributed by atoms with Gasteiger partial charge in [0.1, 0.15) is 19.3 Å². The van der Waals surface area contributed by atoms with Crippen LogP contribution in [0.1, 0.15) is 25.3 Å². The second-order valence-corrected chi connectivity index (χ2v) is 4.88. The fraction of sp³-hybridized carbons (Fsp3) is 0.533. The van der Waals surface area contributed by atoms with E-state index in [0.717, 1.165) is 12.0 Å². The molecule has 0 bridgehead atoms. The number of hydrogen-bond acceptors (Lipinski definition) is 5. The minimum absolute atomic E-state index is 0.434. The van der Waals surface area contributed by atoms with Crippen molar-refractivity contribution in [1.82, 2.24) is 5.32 Å². The molecule has 116 valence electrons. The summed E-state index contributed by atoms with van der Waals surface area (Å²) in [6.07, 6.45) is 1.41. The molecule has 1 heterocycles. The second kappa shape index (κ2) is 7.17. The summed E-state index contributed by atoms with van der Waals surface area (Å²) < 4.78 is 16.4. The molecular weight excluding hydrogens is 274 g/mol. The summed E-state index contributed by atoms with van der Waals surface area (Å²) in [4.78, 5) is 11.1. The van der Waals surface area contributed by atoms with E-state index in [9.17, 15) is 4.79 Å². The Balaban J connectivity index is 2.11. The molecular formula is C15H21NO5. The molecule has 6 heteroatoms. The highest BCUT2D eigenvalue weighted by Crippen LogP contribution is 2.40. The monoisotopic (exact) mass is 295 g/mol. The SMILES string of the molecule is CCCC(NCc1cc(OC)c2c(c1)OCCO2)C(=O)O. The molecule has 0 saturated heterocycles. The average molecular weight is 295 g/mol. The van der Waals surface area contributed by atoms with Crippen LogP contribution in [0.5, 0.6) is 17.2 Å². The lowest BCUT2D eigenvalue weighted by atomic mass is 10.1.